The highest BCUT2D eigenvalue weighted by molar-refractivity contribution is 5.56. The Labute approximate surface area is 91.9 Å². The molecule has 3 aromatic heterocycles. The van der Waals surface area contributed by atoms with Gasteiger partial charge in [-0.15, -0.1) is 0 Å². The van der Waals surface area contributed by atoms with Crippen molar-refractivity contribution < 1.29 is 0 Å². The van der Waals surface area contributed by atoms with Gasteiger partial charge in [0, 0.05) is 12.7 Å². The Hall–Kier alpha value is -2.14. The normalized spacial score (nSPS) is 11.1. The number of nitrogens with two attached hydrogens (primary N) is 1. The molecule has 5 nitrogen and oxygen atoms in total. The van der Waals surface area contributed by atoms with Crippen molar-refractivity contribution in [3.8, 4) is 11.4 Å². The van der Waals surface area contributed by atoms with Gasteiger partial charge in [-0.05, 0) is 24.3 Å². The van der Waals surface area contributed by atoms with Crippen LogP contribution in [0.1, 0.15) is 5.69 Å². The van der Waals surface area contributed by atoms with Crippen LogP contribution < -0.4 is 5.73 Å². The minimum atomic E-state index is 0.433. The van der Waals surface area contributed by atoms with E-state index >= 15 is 0 Å². The van der Waals surface area contributed by atoms with E-state index < -0.39 is 0 Å². The van der Waals surface area contributed by atoms with Gasteiger partial charge in [-0.3, -0.25) is 0 Å². The van der Waals surface area contributed by atoms with Gasteiger partial charge in [0.05, 0.1) is 17.6 Å². The predicted molar refractivity (Wildman–Crippen MR) is 60.7 cm³/mol. The fraction of sp³-hybridized carbons (Fsp3) is 0.0909. The Bertz CT molecular complexity index is 608. The summed E-state index contributed by atoms with van der Waals surface area (Å²) in [6.07, 6.45) is 3.62. The molecule has 0 bridgehead atoms. The van der Waals surface area contributed by atoms with Crippen molar-refractivity contribution >= 4 is 5.65 Å². The lowest BCUT2D eigenvalue weighted by molar-refractivity contribution is 0.848. The van der Waals surface area contributed by atoms with Crippen LogP contribution >= 0.6 is 0 Å². The average molecular weight is 213 g/mol. The molecule has 3 N–H and O–H groups in total. The Morgan fingerprint density at radius 1 is 1.31 bits per heavy atom. The van der Waals surface area contributed by atoms with Crippen LogP contribution in [0.5, 0.6) is 0 Å². The smallest absolute Gasteiger partial charge is 0.153 e. The topological polar surface area (TPSA) is 72.0 Å². The highest BCUT2D eigenvalue weighted by Gasteiger charge is 2.05. The number of rotatable bonds is 2. The van der Waals surface area contributed by atoms with E-state index in [-0.39, 0.29) is 0 Å². The Balaban J connectivity index is 2.21. The van der Waals surface area contributed by atoms with Gasteiger partial charge < -0.3 is 10.7 Å². The Kier molecular flexibility index (Phi) is 1.97. The number of hydrogen-bond donors (Lipinski definition) is 2. The summed E-state index contributed by atoms with van der Waals surface area (Å²) in [5.74, 6) is 0. The molecule has 16 heavy (non-hydrogen) atoms. The lowest BCUT2D eigenvalue weighted by atomic mass is 10.3. The van der Waals surface area contributed by atoms with Gasteiger partial charge in [-0.1, -0.05) is 0 Å². The molecule has 0 aliphatic heterocycles. The third-order valence-electron chi connectivity index (χ3n) is 2.52. The lowest BCUT2D eigenvalue weighted by Crippen LogP contribution is -2.04. The summed E-state index contributed by atoms with van der Waals surface area (Å²) >= 11 is 0. The van der Waals surface area contributed by atoms with Gasteiger partial charge in [0.25, 0.3) is 0 Å². The van der Waals surface area contributed by atoms with Gasteiger partial charge >= 0.3 is 0 Å². The molecule has 0 atom stereocenters. The summed E-state index contributed by atoms with van der Waals surface area (Å²) in [5.41, 5.74) is 9.21. The average Bonchev–Trinajstić information content (AvgIpc) is 2.97. The first-order chi connectivity index (χ1) is 7.88. The van der Waals surface area contributed by atoms with E-state index in [1.807, 2.05) is 30.5 Å². The molecule has 3 aromatic rings. The van der Waals surface area contributed by atoms with Crippen LogP contribution in [0.2, 0.25) is 0 Å². The standard InChI is InChI=1S/C11H11N5/c12-6-8-7-14-11-4-3-10(15-16(8)11)9-2-1-5-13-9/h1-5,7,13H,6,12H2. The molecule has 0 aromatic carbocycles. The molecule has 0 aliphatic rings. The van der Waals surface area contributed by atoms with E-state index in [2.05, 4.69) is 15.1 Å². The highest BCUT2D eigenvalue weighted by Crippen LogP contribution is 2.15. The summed E-state index contributed by atoms with van der Waals surface area (Å²) in [6, 6.07) is 7.79. The first-order valence-electron chi connectivity index (χ1n) is 5.06. The van der Waals surface area contributed by atoms with Gasteiger partial charge in [0.15, 0.2) is 5.65 Å². The van der Waals surface area contributed by atoms with Crippen molar-refractivity contribution in [2.24, 2.45) is 5.73 Å². The number of H-pyrrole nitrogens is 1. The SMILES string of the molecule is NCc1cnc2ccc(-c3ccc[nH]3)nn12. The maximum Gasteiger partial charge on any atom is 0.153 e. The molecule has 0 spiro atoms. The number of nitrogens with one attached hydrogen (secondary N) is 1. The maximum absolute atomic E-state index is 5.62. The number of imidazole rings is 1. The molecular formula is C11H11N5. The van der Waals surface area contributed by atoms with Crippen LogP contribution in [0.25, 0.3) is 17.0 Å². The van der Waals surface area contributed by atoms with Crippen LogP contribution in [-0.2, 0) is 6.54 Å². The first-order valence-corrected chi connectivity index (χ1v) is 5.06. The second-order valence-corrected chi connectivity index (χ2v) is 3.53. The molecule has 3 heterocycles. The van der Waals surface area contributed by atoms with Gasteiger partial charge in [0.2, 0.25) is 0 Å². The molecular weight excluding hydrogens is 202 g/mol. The van der Waals surface area contributed by atoms with Crippen molar-refractivity contribution in [1.82, 2.24) is 19.6 Å². The van der Waals surface area contributed by atoms with Crippen LogP contribution in [-0.4, -0.2) is 19.6 Å². The van der Waals surface area contributed by atoms with Crippen molar-refractivity contribution in [2.45, 2.75) is 6.54 Å². The van der Waals surface area contributed by atoms with Gasteiger partial charge in [-0.2, -0.15) is 5.10 Å². The summed E-state index contributed by atoms with van der Waals surface area (Å²) in [7, 11) is 0. The van der Waals surface area contributed by atoms with Crippen molar-refractivity contribution in [2.75, 3.05) is 0 Å². The number of aromatic amines is 1. The minimum Gasteiger partial charge on any atom is -0.360 e. The fourth-order valence-electron chi connectivity index (χ4n) is 1.69. The van der Waals surface area contributed by atoms with E-state index in [1.54, 1.807) is 10.7 Å². The van der Waals surface area contributed by atoms with Crippen molar-refractivity contribution in [3.63, 3.8) is 0 Å². The third-order valence-corrected chi connectivity index (χ3v) is 2.52. The van der Waals surface area contributed by atoms with Crippen LogP contribution in [0.3, 0.4) is 0 Å². The minimum absolute atomic E-state index is 0.433. The highest BCUT2D eigenvalue weighted by atomic mass is 15.3. The van der Waals surface area contributed by atoms with Crippen LogP contribution in [0, 0.1) is 0 Å². The van der Waals surface area contributed by atoms with E-state index in [0.29, 0.717) is 6.54 Å². The predicted octanol–water partition coefficient (Wildman–Crippen LogP) is 1.18. The van der Waals surface area contributed by atoms with E-state index in [0.717, 1.165) is 22.7 Å². The third kappa shape index (κ3) is 1.30. The second-order valence-electron chi connectivity index (χ2n) is 3.53. The summed E-state index contributed by atoms with van der Waals surface area (Å²) in [5, 5.41) is 4.49. The van der Waals surface area contributed by atoms with Crippen molar-refractivity contribution in [3.05, 3.63) is 42.4 Å². The monoisotopic (exact) mass is 213 g/mol. The number of fused-ring (bicyclic) bond motifs is 1. The molecule has 0 aliphatic carbocycles. The zero-order valence-electron chi connectivity index (χ0n) is 8.59. The zero-order valence-corrected chi connectivity index (χ0v) is 8.59. The van der Waals surface area contributed by atoms with E-state index in [9.17, 15) is 0 Å². The molecule has 0 saturated carbocycles. The second kappa shape index (κ2) is 3.46. The van der Waals surface area contributed by atoms with Crippen molar-refractivity contribution in [1.29, 1.82) is 0 Å². The Morgan fingerprint density at radius 3 is 3.00 bits per heavy atom. The summed E-state index contributed by atoms with van der Waals surface area (Å²) in [6.45, 7) is 0.433. The quantitative estimate of drug-likeness (QED) is 0.671. The fourth-order valence-corrected chi connectivity index (χ4v) is 1.69. The molecule has 5 heteroatoms. The zero-order chi connectivity index (χ0) is 11.0. The lowest BCUT2D eigenvalue weighted by Gasteiger charge is -2.00. The molecule has 0 amide bonds. The summed E-state index contributed by atoms with van der Waals surface area (Å²) in [4.78, 5) is 7.34. The molecule has 0 unspecified atom stereocenters. The van der Waals surface area contributed by atoms with Gasteiger partial charge in [0.1, 0.15) is 5.69 Å². The molecule has 80 valence electrons. The molecule has 3 rings (SSSR count). The number of nitrogens with zero attached hydrogens (tertiary/aromatic N) is 3. The van der Waals surface area contributed by atoms with Gasteiger partial charge in [-0.25, -0.2) is 9.50 Å². The molecule has 0 saturated heterocycles. The first kappa shape index (κ1) is 9.11. The Morgan fingerprint density at radius 2 is 2.25 bits per heavy atom. The largest absolute Gasteiger partial charge is 0.360 e. The number of hydrogen-bond acceptors (Lipinski definition) is 3. The molecule has 0 radical (unpaired) electrons. The van der Waals surface area contributed by atoms with E-state index in [1.165, 1.54) is 0 Å². The maximum atomic E-state index is 5.62. The molecule has 0 fully saturated rings. The number of aromatic nitrogens is 4. The van der Waals surface area contributed by atoms with Crippen LogP contribution in [0.4, 0.5) is 0 Å². The van der Waals surface area contributed by atoms with E-state index in [4.69, 9.17) is 5.73 Å². The summed E-state index contributed by atoms with van der Waals surface area (Å²) < 4.78 is 1.77. The van der Waals surface area contributed by atoms with Crippen LogP contribution in [0.15, 0.2) is 36.7 Å².